The van der Waals surface area contributed by atoms with Crippen LogP contribution in [0.15, 0.2) is 18.2 Å². The summed E-state index contributed by atoms with van der Waals surface area (Å²) in [6, 6.07) is 5.69. The second-order valence-electron chi connectivity index (χ2n) is 3.87. The second-order valence-corrected chi connectivity index (χ2v) is 4.28. The number of methoxy groups -OCH3 is 1. The van der Waals surface area contributed by atoms with Crippen LogP contribution in [0.2, 0.25) is 5.02 Å². The van der Waals surface area contributed by atoms with Crippen molar-refractivity contribution in [3.05, 3.63) is 28.8 Å². The highest BCUT2D eigenvalue weighted by Crippen LogP contribution is 2.25. The lowest BCUT2D eigenvalue weighted by Crippen LogP contribution is -2.00. The van der Waals surface area contributed by atoms with E-state index in [1.54, 1.807) is 7.11 Å². The highest BCUT2D eigenvalue weighted by molar-refractivity contribution is 6.32. The predicted molar refractivity (Wildman–Crippen MR) is 70.6 cm³/mol. The lowest BCUT2D eigenvalue weighted by Gasteiger charge is -2.07. The molecule has 0 aliphatic carbocycles. The first kappa shape index (κ1) is 14.3. The van der Waals surface area contributed by atoms with Gasteiger partial charge >= 0.3 is 0 Å². The Morgan fingerprint density at radius 2 is 2.06 bits per heavy atom. The van der Waals surface area contributed by atoms with E-state index in [4.69, 9.17) is 26.8 Å². The van der Waals surface area contributed by atoms with Gasteiger partial charge in [0.25, 0.3) is 0 Å². The standard InChI is InChI=1S/C13H20ClNO2/c1-16-13-6-5-11(9-12(13)14)10-17-8-4-2-3-7-15/h5-6,9H,2-4,7-8,10,15H2,1H3. The van der Waals surface area contributed by atoms with Gasteiger partial charge in [0.15, 0.2) is 0 Å². The van der Waals surface area contributed by atoms with Gasteiger partial charge in [-0.1, -0.05) is 17.7 Å². The smallest absolute Gasteiger partial charge is 0.137 e. The van der Waals surface area contributed by atoms with Crippen molar-refractivity contribution in [3.63, 3.8) is 0 Å². The summed E-state index contributed by atoms with van der Waals surface area (Å²) < 4.78 is 10.6. The Bertz CT molecular complexity index is 331. The second kappa shape index (κ2) is 8.34. The van der Waals surface area contributed by atoms with Crippen LogP contribution in [0, 0.1) is 0 Å². The number of nitrogens with two attached hydrogens (primary N) is 1. The van der Waals surface area contributed by atoms with Gasteiger partial charge in [0.1, 0.15) is 5.75 Å². The maximum absolute atomic E-state index is 6.02. The summed E-state index contributed by atoms with van der Waals surface area (Å²) in [6.07, 6.45) is 3.25. The van der Waals surface area contributed by atoms with E-state index in [9.17, 15) is 0 Å². The van der Waals surface area contributed by atoms with E-state index in [1.165, 1.54) is 0 Å². The number of rotatable bonds is 8. The molecule has 0 aliphatic rings. The SMILES string of the molecule is COc1ccc(COCCCCCN)cc1Cl. The molecule has 3 nitrogen and oxygen atoms in total. The van der Waals surface area contributed by atoms with Gasteiger partial charge in [-0.15, -0.1) is 0 Å². The zero-order valence-corrected chi connectivity index (χ0v) is 11.0. The molecule has 1 aromatic carbocycles. The first-order chi connectivity index (χ1) is 8.27. The van der Waals surface area contributed by atoms with E-state index in [0.717, 1.165) is 38.0 Å². The molecule has 0 aromatic heterocycles. The largest absolute Gasteiger partial charge is 0.495 e. The number of halogens is 1. The van der Waals surface area contributed by atoms with Crippen LogP contribution in [0.5, 0.6) is 5.75 Å². The molecule has 0 saturated heterocycles. The van der Waals surface area contributed by atoms with Crippen molar-refractivity contribution in [1.29, 1.82) is 0 Å². The molecule has 0 radical (unpaired) electrons. The molecule has 1 rings (SSSR count). The van der Waals surface area contributed by atoms with Gasteiger partial charge in [0, 0.05) is 6.61 Å². The van der Waals surface area contributed by atoms with Crippen LogP contribution < -0.4 is 10.5 Å². The minimum atomic E-state index is 0.590. The summed E-state index contributed by atoms with van der Waals surface area (Å²) in [7, 11) is 1.61. The topological polar surface area (TPSA) is 44.5 Å². The number of ether oxygens (including phenoxy) is 2. The maximum atomic E-state index is 6.02. The molecule has 1 aromatic rings. The average molecular weight is 258 g/mol. The minimum Gasteiger partial charge on any atom is -0.495 e. The van der Waals surface area contributed by atoms with Gasteiger partial charge in [0.2, 0.25) is 0 Å². The zero-order valence-electron chi connectivity index (χ0n) is 10.2. The summed E-state index contributed by atoms with van der Waals surface area (Å²) in [5.41, 5.74) is 6.48. The molecule has 4 heteroatoms. The van der Waals surface area contributed by atoms with Crippen LogP contribution in [0.25, 0.3) is 0 Å². The van der Waals surface area contributed by atoms with Crippen molar-refractivity contribution >= 4 is 11.6 Å². The maximum Gasteiger partial charge on any atom is 0.137 e. The van der Waals surface area contributed by atoms with Crippen molar-refractivity contribution in [3.8, 4) is 5.75 Å². The van der Waals surface area contributed by atoms with Gasteiger partial charge in [-0.25, -0.2) is 0 Å². The highest BCUT2D eigenvalue weighted by atomic mass is 35.5. The molecule has 0 amide bonds. The summed E-state index contributed by atoms with van der Waals surface area (Å²) >= 11 is 6.02. The molecule has 0 saturated carbocycles. The van der Waals surface area contributed by atoms with Crippen LogP contribution in [0.4, 0.5) is 0 Å². The van der Waals surface area contributed by atoms with Crippen molar-refractivity contribution in [1.82, 2.24) is 0 Å². The Kier molecular flexibility index (Phi) is 7.01. The third-order valence-electron chi connectivity index (χ3n) is 2.48. The lowest BCUT2D eigenvalue weighted by atomic mass is 10.2. The van der Waals surface area contributed by atoms with E-state index >= 15 is 0 Å². The molecule has 0 aliphatic heterocycles. The van der Waals surface area contributed by atoms with Gasteiger partial charge < -0.3 is 15.2 Å². The average Bonchev–Trinajstić information content (AvgIpc) is 2.34. The molecule has 0 spiro atoms. The third kappa shape index (κ3) is 5.39. The number of hydrogen-bond donors (Lipinski definition) is 1. The van der Waals surface area contributed by atoms with E-state index in [0.29, 0.717) is 17.4 Å². The Balaban J connectivity index is 2.25. The number of benzene rings is 1. The summed E-state index contributed by atoms with van der Waals surface area (Å²) in [5, 5.41) is 0.622. The Hall–Kier alpha value is -0.770. The summed E-state index contributed by atoms with van der Waals surface area (Å²) in [4.78, 5) is 0. The third-order valence-corrected chi connectivity index (χ3v) is 2.77. The lowest BCUT2D eigenvalue weighted by molar-refractivity contribution is 0.117. The van der Waals surface area contributed by atoms with Gasteiger partial charge in [0.05, 0.1) is 18.7 Å². The van der Waals surface area contributed by atoms with Crippen LogP contribution in [0.3, 0.4) is 0 Å². The summed E-state index contributed by atoms with van der Waals surface area (Å²) in [5.74, 6) is 0.693. The highest BCUT2D eigenvalue weighted by Gasteiger charge is 2.01. The van der Waals surface area contributed by atoms with E-state index in [2.05, 4.69) is 0 Å². The molecule has 2 N–H and O–H groups in total. The molecule has 17 heavy (non-hydrogen) atoms. The van der Waals surface area contributed by atoms with E-state index in [1.807, 2.05) is 18.2 Å². The normalized spacial score (nSPS) is 10.5. The first-order valence-corrected chi connectivity index (χ1v) is 6.26. The van der Waals surface area contributed by atoms with Crippen molar-refractivity contribution < 1.29 is 9.47 Å². The van der Waals surface area contributed by atoms with Crippen LogP contribution in [0.1, 0.15) is 24.8 Å². The molecule has 0 fully saturated rings. The molecule has 0 unspecified atom stereocenters. The number of hydrogen-bond acceptors (Lipinski definition) is 3. The molecular weight excluding hydrogens is 238 g/mol. The van der Waals surface area contributed by atoms with Gasteiger partial charge in [-0.2, -0.15) is 0 Å². The van der Waals surface area contributed by atoms with Gasteiger partial charge in [-0.3, -0.25) is 0 Å². The Morgan fingerprint density at radius 1 is 1.24 bits per heavy atom. The molecule has 0 atom stereocenters. The predicted octanol–water partition coefficient (Wildman–Crippen LogP) is 2.99. The first-order valence-electron chi connectivity index (χ1n) is 5.88. The molecule has 0 heterocycles. The fraction of sp³-hybridized carbons (Fsp3) is 0.538. The Labute approximate surface area is 108 Å². The van der Waals surface area contributed by atoms with Gasteiger partial charge in [-0.05, 0) is 43.5 Å². The fourth-order valence-electron chi connectivity index (χ4n) is 1.51. The molecular formula is C13H20ClNO2. The Morgan fingerprint density at radius 3 is 2.71 bits per heavy atom. The van der Waals surface area contributed by atoms with Crippen molar-refractivity contribution in [2.24, 2.45) is 5.73 Å². The fourth-order valence-corrected chi connectivity index (χ4v) is 1.80. The molecule has 0 bridgehead atoms. The van der Waals surface area contributed by atoms with Crippen molar-refractivity contribution in [2.45, 2.75) is 25.9 Å². The zero-order chi connectivity index (χ0) is 12.5. The van der Waals surface area contributed by atoms with E-state index in [-0.39, 0.29) is 0 Å². The van der Waals surface area contributed by atoms with Crippen LogP contribution in [-0.4, -0.2) is 20.3 Å². The number of unbranched alkanes of at least 4 members (excludes halogenated alkanes) is 2. The minimum absolute atomic E-state index is 0.590. The van der Waals surface area contributed by atoms with Crippen LogP contribution in [-0.2, 0) is 11.3 Å². The monoisotopic (exact) mass is 257 g/mol. The van der Waals surface area contributed by atoms with Crippen LogP contribution >= 0.6 is 11.6 Å². The van der Waals surface area contributed by atoms with Crippen molar-refractivity contribution in [2.75, 3.05) is 20.3 Å². The van der Waals surface area contributed by atoms with E-state index < -0.39 is 0 Å². The molecule has 96 valence electrons. The quantitative estimate of drug-likeness (QED) is 0.728. The summed E-state index contributed by atoms with van der Waals surface area (Å²) in [6.45, 7) is 2.12.